The number of aromatic nitrogens is 1. The Morgan fingerprint density at radius 3 is 2.15 bits per heavy atom. The molecule has 0 radical (unpaired) electrons. The van der Waals surface area contributed by atoms with E-state index in [1.165, 1.54) is 49.6 Å². The Balaban J connectivity index is 2.40. The number of rotatable bonds is 3. The number of benzene rings is 2. The average molecular weight is 377 g/mol. The van der Waals surface area contributed by atoms with E-state index >= 15 is 0 Å². The predicted molar refractivity (Wildman–Crippen MR) is 122 cm³/mol. The van der Waals surface area contributed by atoms with Gasteiger partial charge in [0, 0.05) is 13.0 Å². The van der Waals surface area contributed by atoms with E-state index in [1.54, 1.807) is 0 Å². The smallest absolute Gasteiger partial charge is 0.198 e. The van der Waals surface area contributed by atoms with Gasteiger partial charge in [-0.15, -0.1) is 0 Å². The number of aryl methyl sites for hydroxylation is 2. The Morgan fingerprint density at radius 2 is 1.56 bits per heavy atom. The highest BCUT2D eigenvalue weighted by Crippen LogP contribution is 2.32. The third kappa shape index (κ3) is 3.60. The lowest BCUT2D eigenvalue weighted by molar-refractivity contribution is -0.665. The molecule has 2 aromatic carbocycles. The van der Waals surface area contributed by atoms with Gasteiger partial charge in [0.1, 0.15) is 7.05 Å². The van der Waals surface area contributed by atoms with Crippen LogP contribution in [0.5, 0.6) is 0 Å². The van der Waals surface area contributed by atoms with Crippen molar-refractivity contribution in [2.45, 2.75) is 60.2 Å². The van der Waals surface area contributed by atoms with Gasteiger partial charge in [-0.3, -0.25) is 0 Å². The topological polar surface area (TPSA) is 3.88 Å². The quantitative estimate of drug-likeness (QED) is 0.394. The second kappa shape index (κ2) is 6.90. The number of hydrogen-bond acceptors (Lipinski definition) is 0. The lowest BCUT2D eigenvalue weighted by Gasteiger charge is -2.19. The van der Waals surface area contributed by atoms with E-state index in [0.29, 0.717) is 5.92 Å². The summed E-state index contributed by atoms with van der Waals surface area (Å²) in [5, 5.41) is 4.25. The second-order valence-corrected chi connectivity index (χ2v) is 14.5. The summed E-state index contributed by atoms with van der Waals surface area (Å²) in [5.74, 6) is 0.530. The van der Waals surface area contributed by atoms with Gasteiger partial charge in [0.25, 0.3) is 0 Å². The van der Waals surface area contributed by atoms with E-state index < -0.39 is 8.07 Å². The molecule has 2 heteroatoms. The van der Waals surface area contributed by atoms with E-state index in [-0.39, 0.29) is 0 Å². The van der Waals surface area contributed by atoms with E-state index in [9.17, 15) is 0 Å². The molecule has 0 saturated carbocycles. The molecule has 0 N–H and O–H groups in total. The summed E-state index contributed by atoms with van der Waals surface area (Å²) >= 11 is 0. The van der Waals surface area contributed by atoms with Crippen LogP contribution in [0, 0.1) is 20.8 Å². The lowest BCUT2D eigenvalue weighted by atomic mass is 9.90. The van der Waals surface area contributed by atoms with Crippen molar-refractivity contribution in [3.8, 4) is 11.3 Å². The molecule has 1 heterocycles. The van der Waals surface area contributed by atoms with Crippen molar-refractivity contribution in [3.05, 3.63) is 58.8 Å². The third-order valence-electron chi connectivity index (χ3n) is 6.01. The summed E-state index contributed by atoms with van der Waals surface area (Å²) in [4.78, 5) is 0. The average Bonchev–Trinajstić information content (AvgIpc) is 2.57. The van der Waals surface area contributed by atoms with Crippen LogP contribution in [0.15, 0.2) is 36.4 Å². The summed E-state index contributed by atoms with van der Waals surface area (Å²) in [6.07, 6.45) is 0. The van der Waals surface area contributed by atoms with Crippen LogP contribution in [-0.4, -0.2) is 8.07 Å². The first-order valence-corrected chi connectivity index (χ1v) is 13.6. The van der Waals surface area contributed by atoms with Gasteiger partial charge in [0.05, 0.1) is 19.0 Å². The van der Waals surface area contributed by atoms with Crippen LogP contribution < -0.4 is 9.75 Å². The molecule has 0 amide bonds. The summed E-state index contributed by atoms with van der Waals surface area (Å²) in [5.41, 5.74) is 8.20. The minimum absolute atomic E-state index is 0.530. The molecule has 27 heavy (non-hydrogen) atoms. The Labute approximate surface area is 166 Å². The molecule has 3 rings (SSSR count). The van der Waals surface area contributed by atoms with Crippen molar-refractivity contribution in [3.63, 3.8) is 0 Å². The molecule has 0 aliphatic rings. The molecule has 3 aromatic rings. The molecule has 1 nitrogen and oxygen atoms in total. The Bertz CT molecular complexity index is 1020. The fourth-order valence-electron chi connectivity index (χ4n) is 3.84. The first kappa shape index (κ1) is 19.8. The van der Waals surface area contributed by atoms with Crippen LogP contribution >= 0.6 is 0 Å². The molecular weight excluding hydrogens is 342 g/mol. The third-order valence-corrected chi connectivity index (χ3v) is 8.06. The largest absolute Gasteiger partial charge is 0.220 e. The van der Waals surface area contributed by atoms with Gasteiger partial charge in [-0.2, -0.15) is 4.57 Å². The van der Waals surface area contributed by atoms with Crippen molar-refractivity contribution >= 4 is 24.0 Å². The molecule has 0 aliphatic carbocycles. The van der Waals surface area contributed by atoms with Gasteiger partial charge in [-0.05, 0) is 54.0 Å². The van der Waals surface area contributed by atoms with Gasteiger partial charge < -0.3 is 0 Å². The van der Waals surface area contributed by atoms with E-state index in [1.807, 2.05) is 0 Å². The monoisotopic (exact) mass is 376 g/mol. The highest BCUT2D eigenvalue weighted by molar-refractivity contribution is 6.88. The predicted octanol–water partition coefficient (Wildman–Crippen LogP) is 5.93. The second-order valence-electron chi connectivity index (χ2n) is 9.41. The molecule has 0 unspecified atom stereocenters. The molecule has 0 atom stereocenters. The van der Waals surface area contributed by atoms with Crippen molar-refractivity contribution in [2.24, 2.45) is 7.05 Å². The van der Waals surface area contributed by atoms with Crippen molar-refractivity contribution in [1.82, 2.24) is 0 Å². The number of hydrogen-bond donors (Lipinski definition) is 0. The Morgan fingerprint density at radius 1 is 0.889 bits per heavy atom. The maximum absolute atomic E-state index is 2.44. The minimum atomic E-state index is -1.33. The fraction of sp³-hybridized carbons (Fsp3) is 0.400. The molecule has 1 aromatic heterocycles. The number of fused-ring (bicyclic) bond motifs is 1. The van der Waals surface area contributed by atoms with Gasteiger partial charge in [-0.25, -0.2) is 0 Å². The lowest BCUT2D eigenvalue weighted by Crippen LogP contribution is -2.38. The van der Waals surface area contributed by atoms with Crippen LogP contribution in [0.3, 0.4) is 0 Å². The summed E-state index contributed by atoms with van der Waals surface area (Å²) in [6.45, 7) is 18.6. The first-order chi connectivity index (χ1) is 12.5. The minimum Gasteiger partial charge on any atom is -0.198 e. The number of nitrogens with zero attached hydrogens (tertiary/aromatic N) is 1. The van der Waals surface area contributed by atoms with Crippen LogP contribution in [0.2, 0.25) is 19.6 Å². The van der Waals surface area contributed by atoms with Crippen LogP contribution in [0.4, 0.5) is 0 Å². The maximum Gasteiger partial charge on any atom is 0.220 e. The highest BCUT2D eigenvalue weighted by Gasteiger charge is 2.23. The van der Waals surface area contributed by atoms with Crippen molar-refractivity contribution < 1.29 is 4.57 Å². The fourth-order valence-corrected chi connectivity index (χ4v) is 5.01. The van der Waals surface area contributed by atoms with Gasteiger partial charge >= 0.3 is 0 Å². The molecular formula is C25H34NSi+. The summed E-state index contributed by atoms with van der Waals surface area (Å²) in [6, 6.07) is 14.3. The van der Waals surface area contributed by atoms with Crippen LogP contribution in [0.25, 0.3) is 22.0 Å². The van der Waals surface area contributed by atoms with Crippen LogP contribution in [0.1, 0.15) is 42.1 Å². The molecule has 0 aliphatic heterocycles. The van der Waals surface area contributed by atoms with E-state index in [0.717, 1.165) is 0 Å². The Kier molecular flexibility index (Phi) is 5.07. The molecule has 0 spiro atoms. The maximum atomic E-state index is 2.44. The van der Waals surface area contributed by atoms with Crippen molar-refractivity contribution in [1.29, 1.82) is 0 Å². The zero-order chi connectivity index (χ0) is 20.1. The van der Waals surface area contributed by atoms with E-state index in [4.69, 9.17) is 0 Å². The van der Waals surface area contributed by atoms with Crippen molar-refractivity contribution in [2.75, 3.05) is 0 Å². The molecule has 142 valence electrons. The van der Waals surface area contributed by atoms with Gasteiger partial charge in [0.2, 0.25) is 5.69 Å². The summed E-state index contributed by atoms with van der Waals surface area (Å²) in [7, 11) is 0.873. The van der Waals surface area contributed by atoms with E-state index in [2.05, 4.69) is 102 Å². The SMILES string of the molecule is Cc1cc(C(C)C)cc(-c2c3ccc([Si](C)(C)C)cc3cc(C)[n+]2C)c1C. The van der Waals surface area contributed by atoms with Gasteiger partial charge in [-0.1, -0.05) is 56.9 Å². The molecule has 0 bridgehead atoms. The van der Waals surface area contributed by atoms with Gasteiger partial charge in [0.15, 0.2) is 5.69 Å². The standard InChI is InChI=1S/C25H34NSi/c1-16(2)20-12-17(3)19(5)24(15-20)25-23-11-10-22(27(7,8)9)14-21(23)13-18(4)26(25)6/h10-16H,1-9H3/q+1. The zero-order valence-electron chi connectivity index (χ0n) is 18.5. The Hall–Kier alpha value is -1.93. The molecule has 0 saturated heterocycles. The first-order valence-electron chi connectivity index (χ1n) is 10.1. The highest BCUT2D eigenvalue weighted by atomic mass is 28.3. The summed E-state index contributed by atoms with van der Waals surface area (Å²) < 4.78 is 2.36. The molecule has 0 fully saturated rings. The van der Waals surface area contributed by atoms with Crippen LogP contribution in [-0.2, 0) is 7.05 Å². The normalized spacial score (nSPS) is 12.2. The zero-order valence-corrected chi connectivity index (χ0v) is 19.5. The number of pyridine rings is 1.